The number of carbonyl (C=O) groups is 1. The first kappa shape index (κ1) is 18.8. The van der Waals surface area contributed by atoms with Crippen LogP contribution in [0.5, 0.6) is 5.75 Å². The minimum Gasteiger partial charge on any atom is -0.496 e. The van der Waals surface area contributed by atoms with Gasteiger partial charge in [0, 0.05) is 35.8 Å². The Morgan fingerprint density at radius 3 is 2.50 bits per heavy atom. The summed E-state index contributed by atoms with van der Waals surface area (Å²) in [5.74, 6) is 1.44. The van der Waals surface area contributed by atoms with Crippen molar-refractivity contribution in [3.05, 3.63) is 35.4 Å². The number of aromatic nitrogens is 2. The number of hydrogen-bond acceptors (Lipinski definition) is 5. The van der Waals surface area contributed by atoms with Gasteiger partial charge in [0.1, 0.15) is 5.75 Å². The van der Waals surface area contributed by atoms with E-state index in [9.17, 15) is 9.90 Å². The van der Waals surface area contributed by atoms with Crippen LogP contribution in [-0.2, 0) is 0 Å². The molecule has 0 spiro atoms. The highest BCUT2D eigenvalue weighted by atomic mass is 35.5. The highest BCUT2D eigenvalue weighted by Gasteiger charge is 2.44. The van der Waals surface area contributed by atoms with Crippen LogP contribution in [0.1, 0.15) is 25.7 Å². The average molecular weight is 403 g/mol. The number of hydrogen-bond donors (Lipinski definition) is 1. The van der Waals surface area contributed by atoms with Crippen molar-refractivity contribution >= 4 is 23.5 Å². The van der Waals surface area contributed by atoms with Crippen molar-refractivity contribution in [3.63, 3.8) is 0 Å². The molecular weight excluding hydrogens is 380 g/mol. The molecule has 2 aliphatic heterocycles. The number of amides is 1. The van der Waals surface area contributed by atoms with Crippen LogP contribution < -0.4 is 9.64 Å². The zero-order valence-electron chi connectivity index (χ0n) is 15.9. The molecule has 0 aliphatic carbocycles. The van der Waals surface area contributed by atoms with Crippen LogP contribution in [0.2, 0.25) is 5.02 Å². The number of piperidine rings is 1. The van der Waals surface area contributed by atoms with Crippen molar-refractivity contribution in [3.8, 4) is 17.0 Å². The number of halogens is 1. The zero-order valence-corrected chi connectivity index (χ0v) is 16.6. The standard InChI is InChI=1S/C20H23ClN4O3/c1-24(15-10-13-4-5-14(11-15)25(13)20(26)27)19-8-7-17(22-23-19)16-6-3-12(21)9-18(16)28-2/h3,6-9,13-15H,4-5,10-11H2,1-2H3,(H,26,27)/t13-,14+,15-. The third-order valence-corrected chi connectivity index (χ3v) is 6.16. The van der Waals surface area contributed by atoms with Crippen LogP contribution in [0, 0.1) is 0 Å². The molecular formula is C20H23ClN4O3. The van der Waals surface area contributed by atoms with E-state index in [0.717, 1.165) is 37.1 Å². The first-order chi connectivity index (χ1) is 13.5. The molecule has 0 unspecified atom stereocenters. The van der Waals surface area contributed by atoms with E-state index in [-0.39, 0.29) is 18.1 Å². The molecule has 2 aliphatic rings. The van der Waals surface area contributed by atoms with Crippen LogP contribution >= 0.6 is 11.6 Å². The van der Waals surface area contributed by atoms with Gasteiger partial charge in [0.2, 0.25) is 0 Å². The summed E-state index contributed by atoms with van der Waals surface area (Å²) in [4.78, 5) is 15.2. The maximum absolute atomic E-state index is 11.5. The van der Waals surface area contributed by atoms with Crippen molar-refractivity contribution in [1.29, 1.82) is 0 Å². The van der Waals surface area contributed by atoms with Gasteiger partial charge in [-0.15, -0.1) is 10.2 Å². The van der Waals surface area contributed by atoms with E-state index in [0.29, 0.717) is 16.5 Å². The molecule has 1 aromatic carbocycles. The Morgan fingerprint density at radius 2 is 1.93 bits per heavy atom. The van der Waals surface area contributed by atoms with E-state index in [1.165, 1.54) is 0 Å². The van der Waals surface area contributed by atoms with Gasteiger partial charge in [0.25, 0.3) is 0 Å². The molecule has 2 bridgehead atoms. The van der Waals surface area contributed by atoms with E-state index in [1.807, 2.05) is 25.2 Å². The molecule has 28 heavy (non-hydrogen) atoms. The lowest BCUT2D eigenvalue weighted by Gasteiger charge is -2.41. The predicted octanol–water partition coefficient (Wildman–Crippen LogP) is 3.92. The fourth-order valence-electron chi connectivity index (χ4n) is 4.50. The third kappa shape index (κ3) is 3.35. The number of fused-ring (bicyclic) bond motifs is 2. The van der Waals surface area contributed by atoms with Crippen LogP contribution in [0.3, 0.4) is 0 Å². The SMILES string of the molecule is COc1cc(Cl)ccc1-c1ccc(N(C)[C@@H]2C[C@H]3CC[C@@H](C2)N3C(=O)O)nn1. The second-order valence-electron chi connectivity index (χ2n) is 7.43. The van der Waals surface area contributed by atoms with Crippen molar-refractivity contribution < 1.29 is 14.6 Å². The number of nitrogens with zero attached hydrogens (tertiary/aromatic N) is 4. The largest absolute Gasteiger partial charge is 0.496 e. The lowest BCUT2D eigenvalue weighted by atomic mass is 9.96. The third-order valence-electron chi connectivity index (χ3n) is 5.93. The molecule has 4 rings (SSSR count). The molecule has 8 heteroatoms. The molecule has 0 saturated carbocycles. The molecule has 2 aromatic rings. The van der Waals surface area contributed by atoms with Gasteiger partial charge in [-0.2, -0.15) is 0 Å². The van der Waals surface area contributed by atoms with Gasteiger partial charge in [-0.3, -0.25) is 0 Å². The lowest BCUT2D eigenvalue weighted by Crippen LogP contribution is -2.51. The quantitative estimate of drug-likeness (QED) is 0.835. The summed E-state index contributed by atoms with van der Waals surface area (Å²) >= 11 is 6.03. The van der Waals surface area contributed by atoms with Crippen molar-refractivity contribution in [2.75, 3.05) is 19.1 Å². The van der Waals surface area contributed by atoms with Gasteiger partial charge in [-0.25, -0.2) is 4.79 Å². The normalized spacial score (nSPS) is 23.5. The van der Waals surface area contributed by atoms with Crippen LogP contribution in [0.25, 0.3) is 11.3 Å². The fourth-order valence-corrected chi connectivity index (χ4v) is 4.66. The first-order valence-electron chi connectivity index (χ1n) is 9.39. The summed E-state index contributed by atoms with van der Waals surface area (Å²) in [7, 11) is 3.61. The van der Waals surface area contributed by atoms with Crippen molar-refractivity contribution in [2.24, 2.45) is 0 Å². The van der Waals surface area contributed by atoms with Gasteiger partial charge in [0.05, 0.1) is 12.8 Å². The summed E-state index contributed by atoms with van der Waals surface area (Å²) in [5.41, 5.74) is 1.55. The Morgan fingerprint density at radius 1 is 1.21 bits per heavy atom. The minimum absolute atomic E-state index is 0.106. The minimum atomic E-state index is -0.797. The van der Waals surface area contributed by atoms with Crippen LogP contribution in [-0.4, -0.2) is 58.6 Å². The summed E-state index contributed by atoms with van der Waals surface area (Å²) < 4.78 is 5.40. The maximum Gasteiger partial charge on any atom is 0.407 e. The van der Waals surface area contributed by atoms with E-state index in [2.05, 4.69) is 15.1 Å². The van der Waals surface area contributed by atoms with Gasteiger partial charge in [-0.05, 0) is 56.0 Å². The predicted molar refractivity (Wildman–Crippen MR) is 107 cm³/mol. The number of carboxylic acid groups (broad SMARTS) is 1. The molecule has 1 aromatic heterocycles. The first-order valence-corrected chi connectivity index (χ1v) is 9.77. The monoisotopic (exact) mass is 402 g/mol. The van der Waals surface area contributed by atoms with E-state index in [4.69, 9.17) is 16.3 Å². The second-order valence-corrected chi connectivity index (χ2v) is 7.87. The van der Waals surface area contributed by atoms with Crippen LogP contribution in [0.15, 0.2) is 30.3 Å². The Bertz CT molecular complexity index is 862. The number of rotatable bonds is 4. The average Bonchev–Trinajstić information content (AvgIpc) is 2.98. The summed E-state index contributed by atoms with van der Waals surface area (Å²) in [6, 6.07) is 9.76. The smallest absolute Gasteiger partial charge is 0.407 e. The topological polar surface area (TPSA) is 78.8 Å². The second kappa shape index (κ2) is 7.47. The molecule has 1 amide bonds. The van der Waals surface area contributed by atoms with E-state index < -0.39 is 6.09 Å². The molecule has 3 atom stereocenters. The Hall–Kier alpha value is -2.54. The highest BCUT2D eigenvalue weighted by Crippen LogP contribution is 2.38. The Kier molecular flexibility index (Phi) is 5.02. The van der Waals surface area contributed by atoms with Gasteiger partial charge >= 0.3 is 6.09 Å². The number of methoxy groups -OCH3 is 1. The van der Waals surface area contributed by atoms with Gasteiger partial charge in [0.15, 0.2) is 5.82 Å². The molecule has 148 valence electrons. The maximum atomic E-state index is 11.5. The van der Waals surface area contributed by atoms with E-state index in [1.54, 1.807) is 24.1 Å². The van der Waals surface area contributed by atoms with Crippen molar-refractivity contribution in [1.82, 2.24) is 15.1 Å². The Balaban J connectivity index is 1.51. The molecule has 3 heterocycles. The molecule has 7 nitrogen and oxygen atoms in total. The highest BCUT2D eigenvalue weighted by molar-refractivity contribution is 6.30. The fraction of sp³-hybridized carbons (Fsp3) is 0.450. The number of ether oxygens (including phenoxy) is 1. The molecule has 1 N–H and O–H groups in total. The molecule has 2 saturated heterocycles. The van der Waals surface area contributed by atoms with E-state index >= 15 is 0 Å². The van der Waals surface area contributed by atoms with Gasteiger partial charge in [-0.1, -0.05) is 11.6 Å². The molecule has 2 fully saturated rings. The molecule has 0 radical (unpaired) electrons. The summed E-state index contributed by atoms with van der Waals surface area (Å²) in [5, 5.41) is 18.8. The number of benzene rings is 1. The lowest BCUT2D eigenvalue weighted by molar-refractivity contribution is 0.0965. The van der Waals surface area contributed by atoms with Crippen LogP contribution in [0.4, 0.5) is 10.6 Å². The number of anilines is 1. The van der Waals surface area contributed by atoms with Gasteiger partial charge < -0.3 is 19.6 Å². The Labute approximate surface area is 168 Å². The summed E-state index contributed by atoms with van der Waals surface area (Å²) in [6.07, 6.45) is 2.75. The van der Waals surface area contributed by atoms with Crippen molar-refractivity contribution in [2.45, 2.75) is 43.8 Å². The summed E-state index contributed by atoms with van der Waals surface area (Å²) in [6.45, 7) is 0. The zero-order chi connectivity index (χ0) is 19.8.